The molecule has 0 N–H and O–H groups in total. The molecule has 0 aliphatic heterocycles. The molecule has 0 saturated carbocycles. The van der Waals surface area contributed by atoms with E-state index in [0.717, 1.165) is 5.56 Å². The second-order valence-corrected chi connectivity index (χ2v) is 2.82. The van der Waals surface area contributed by atoms with E-state index in [4.69, 9.17) is 16.3 Å². The Morgan fingerprint density at radius 3 is 2.85 bits per heavy atom. The van der Waals surface area contributed by atoms with Gasteiger partial charge in [0.15, 0.2) is 0 Å². The van der Waals surface area contributed by atoms with Gasteiger partial charge in [-0.2, -0.15) is 0 Å². The van der Waals surface area contributed by atoms with Gasteiger partial charge in [0, 0.05) is 10.6 Å². The largest absolute Gasteiger partial charge is 0.496 e. The van der Waals surface area contributed by atoms with Gasteiger partial charge in [0.1, 0.15) is 12.0 Å². The summed E-state index contributed by atoms with van der Waals surface area (Å²) >= 11 is 5.77. The zero-order valence-electron chi connectivity index (χ0n) is 7.16. The maximum Gasteiger partial charge on any atom is 0.142 e. The Morgan fingerprint density at radius 1 is 1.46 bits per heavy atom. The third-order valence-electron chi connectivity index (χ3n) is 1.55. The Hall–Kier alpha value is -1.28. The van der Waals surface area contributed by atoms with E-state index in [9.17, 15) is 4.79 Å². The molecular weight excluding hydrogens is 188 g/mol. The fourth-order valence-corrected chi connectivity index (χ4v) is 1.16. The number of methoxy groups -OCH3 is 1. The van der Waals surface area contributed by atoms with Crippen LogP contribution in [0.4, 0.5) is 0 Å². The van der Waals surface area contributed by atoms with Gasteiger partial charge in [-0.05, 0) is 30.4 Å². The summed E-state index contributed by atoms with van der Waals surface area (Å²) in [6.07, 6.45) is 3.76. The van der Waals surface area contributed by atoms with Crippen LogP contribution in [-0.2, 0) is 4.79 Å². The van der Waals surface area contributed by atoms with Gasteiger partial charge in [0.25, 0.3) is 0 Å². The van der Waals surface area contributed by atoms with Gasteiger partial charge < -0.3 is 4.74 Å². The van der Waals surface area contributed by atoms with Crippen LogP contribution in [0, 0.1) is 0 Å². The minimum absolute atomic E-state index is 0.617. The molecule has 13 heavy (non-hydrogen) atoms. The zero-order valence-corrected chi connectivity index (χ0v) is 7.91. The van der Waals surface area contributed by atoms with Crippen molar-refractivity contribution in [2.75, 3.05) is 7.11 Å². The van der Waals surface area contributed by atoms with E-state index in [1.165, 1.54) is 6.08 Å². The highest BCUT2D eigenvalue weighted by atomic mass is 35.5. The van der Waals surface area contributed by atoms with Gasteiger partial charge in [-0.3, -0.25) is 4.79 Å². The second kappa shape index (κ2) is 4.67. The Balaban J connectivity index is 3.07. The number of rotatable bonds is 3. The van der Waals surface area contributed by atoms with Crippen molar-refractivity contribution in [2.24, 2.45) is 0 Å². The predicted molar refractivity (Wildman–Crippen MR) is 53.1 cm³/mol. The summed E-state index contributed by atoms with van der Waals surface area (Å²) in [7, 11) is 1.57. The van der Waals surface area contributed by atoms with Gasteiger partial charge in [-0.15, -0.1) is 0 Å². The standard InChI is InChI=1S/C10H9ClO2/c1-13-10-5-4-9(11)7-8(10)3-2-6-12/h2-7H,1H3/b3-2+. The van der Waals surface area contributed by atoms with Crippen LogP contribution < -0.4 is 4.74 Å². The molecule has 0 amide bonds. The lowest BCUT2D eigenvalue weighted by molar-refractivity contribution is -0.104. The molecule has 68 valence electrons. The summed E-state index contributed by atoms with van der Waals surface area (Å²) in [5, 5.41) is 0.617. The van der Waals surface area contributed by atoms with Crippen LogP contribution >= 0.6 is 11.6 Å². The molecule has 0 aromatic heterocycles. The first-order chi connectivity index (χ1) is 6.27. The van der Waals surface area contributed by atoms with E-state index in [-0.39, 0.29) is 0 Å². The lowest BCUT2D eigenvalue weighted by atomic mass is 10.2. The summed E-state index contributed by atoms with van der Waals surface area (Å²) in [6, 6.07) is 5.23. The van der Waals surface area contributed by atoms with Gasteiger partial charge in [-0.1, -0.05) is 11.6 Å². The molecule has 0 aliphatic carbocycles. The number of benzene rings is 1. The van der Waals surface area contributed by atoms with Crippen LogP contribution in [0.5, 0.6) is 5.75 Å². The quantitative estimate of drug-likeness (QED) is 0.549. The van der Waals surface area contributed by atoms with Gasteiger partial charge in [-0.25, -0.2) is 0 Å². The Labute approximate surface area is 81.8 Å². The molecule has 0 saturated heterocycles. The number of allylic oxidation sites excluding steroid dienone is 1. The van der Waals surface area contributed by atoms with Crippen LogP contribution in [0.1, 0.15) is 5.56 Å². The summed E-state index contributed by atoms with van der Waals surface area (Å²) in [5.41, 5.74) is 0.794. The average Bonchev–Trinajstić information content (AvgIpc) is 2.15. The molecule has 3 heteroatoms. The third kappa shape index (κ3) is 2.60. The average molecular weight is 197 g/mol. The number of hydrogen-bond acceptors (Lipinski definition) is 2. The Morgan fingerprint density at radius 2 is 2.23 bits per heavy atom. The maximum atomic E-state index is 10.1. The maximum absolute atomic E-state index is 10.1. The zero-order chi connectivity index (χ0) is 9.68. The van der Waals surface area contributed by atoms with Crippen molar-refractivity contribution in [3.8, 4) is 5.75 Å². The van der Waals surface area contributed by atoms with Gasteiger partial charge >= 0.3 is 0 Å². The van der Waals surface area contributed by atoms with Crippen LogP contribution in [0.3, 0.4) is 0 Å². The first kappa shape index (κ1) is 9.81. The van der Waals surface area contributed by atoms with Crippen LogP contribution in [0.25, 0.3) is 6.08 Å². The lowest BCUT2D eigenvalue weighted by Crippen LogP contribution is -1.86. The van der Waals surface area contributed by atoms with E-state index in [2.05, 4.69) is 0 Å². The number of carbonyl (C=O) groups excluding carboxylic acids is 1. The highest BCUT2D eigenvalue weighted by Crippen LogP contribution is 2.23. The molecule has 0 bridgehead atoms. The second-order valence-electron chi connectivity index (χ2n) is 2.38. The van der Waals surface area contributed by atoms with Crippen LogP contribution in [0.2, 0.25) is 5.02 Å². The fourth-order valence-electron chi connectivity index (χ4n) is 0.978. The monoisotopic (exact) mass is 196 g/mol. The molecule has 1 rings (SSSR count). The van der Waals surface area contributed by atoms with Crippen molar-refractivity contribution in [3.05, 3.63) is 34.9 Å². The molecule has 0 atom stereocenters. The van der Waals surface area contributed by atoms with Crippen molar-refractivity contribution in [2.45, 2.75) is 0 Å². The van der Waals surface area contributed by atoms with E-state index < -0.39 is 0 Å². The molecule has 0 radical (unpaired) electrons. The molecule has 0 unspecified atom stereocenters. The Bertz CT molecular complexity index is 332. The molecule has 0 spiro atoms. The van der Waals surface area contributed by atoms with Crippen molar-refractivity contribution < 1.29 is 9.53 Å². The topological polar surface area (TPSA) is 26.3 Å². The normalized spacial score (nSPS) is 10.3. The summed E-state index contributed by atoms with van der Waals surface area (Å²) < 4.78 is 5.07. The molecular formula is C10H9ClO2. The van der Waals surface area contributed by atoms with Crippen molar-refractivity contribution in [1.82, 2.24) is 0 Å². The smallest absolute Gasteiger partial charge is 0.142 e. The lowest BCUT2D eigenvalue weighted by Gasteiger charge is -2.03. The van der Waals surface area contributed by atoms with Crippen molar-refractivity contribution in [1.29, 1.82) is 0 Å². The minimum atomic E-state index is 0.617. The number of hydrogen-bond donors (Lipinski definition) is 0. The first-order valence-electron chi connectivity index (χ1n) is 3.73. The molecule has 0 fully saturated rings. The number of aldehydes is 1. The molecule has 1 aromatic rings. The van der Waals surface area contributed by atoms with Gasteiger partial charge in [0.05, 0.1) is 7.11 Å². The molecule has 1 aromatic carbocycles. The van der Waals surface area contributed by atoms with Crippen molar-refractivity contribution in [3.63, 3.8) is 0 Å². The van der Waals surface area contributed by atoms with Crippen LogP contribution in [0.15, 0.2) is 24.3 Å². The van der Waals surface area contributed by atoms with E-state index in [1.807, 2.05) is 0 Å². The highest BCUT2D eigenvalue weighted by Gasteiger charge is 1.99. The number of ether oxygens (including phenoxy) is 1. The SMILES string of the molecule is COc1ccc(Cl)cc1/C=C/C=O. The molecule has 2 nitrogen and oxygen atoms in total. The fraction of sp³-hybridized carbons (Fsp3) is 0.100. The molecule has 0 heterocycles. The first-order valence-corrected chi connectivity index (χ1v) is 4.11. The molecule has 0 aliphatic rings. The highest BCUT2D eigenvalue weighted by molar-refractivity contribution is 6.30. The third-order valence-corrected chi connectivity index (χ3v) is 1.78. The van der Waals surface area contributed by atoms with Gasteiger partial charge in [0.2, 0.25) is 0 Å². The Kier molecular flexibility index (Phi) is 3.53. The van der Waals surface area contributed by atoms with E-state index >= 15 is 0 Å². The summed E-state index contributed by atoms with van der Waals surface area (Å²) in [6.45, 7) is 0. The summed E-state index contributed by atoms with van der Waals surface area (Å²) in [5.74, 6) is 0.697. The predicted octanol–water partition coefficient (Wildman–Crippen LogP) is 2.56. The van der Waals surface area contributed by atoms with E-state index in [1.54, 1.807) is 31.4 Å². The van der Waals surface area contributed by atoms with Crippen molar-refractivity contribution >= 4 is 24.0 Å². The number of carbonyl (C=O) groups is 1. The minimum Gasteiger partial charge on any atom is -0.496 e. The summed E-state index contributed by atoms with van der Waals surface area (Å²) in [4.78, 5) is 10.1. The van der Waals surface area contributed by atoms with Crippen LogP contribution in [-0.4, -0.2) is 13.4 Å². The number of halogens is 1. The van der Waals surface area contributed by atoms with E-state index in [0.29, 0.717) is 17.1 Å².